The predicted molar refractivity (Wildman–Crippen MR) is 93.8 cm³/mol. The Balaban J connectivity index is 0.00000208. The highest BCUT2D eigenvalue weighted by molar-refractivity contribution is 5.91. The number of carbonyl (C=O) groups excluding carboxylic acids is 1. The van der Waals surface area contributed by atoms with Gasteiger partial charge in [0.05, 0.1) is 0 Å². The fourth-order valence-corrected chi connectivity index (χ4v) is 2.81. The van der Waals surface area contributed by atoms with Gasteiger partial charge < -0.3 is 17.3 Å². The van der Waals surface area contributed by atoms with E-state index in [4.69, 9.17) is 0 Å². The fourth-order valence-electron chi connectivity index (χ4n) is 2.81. The zero-order valence-electron chi connectivity index (χ0n) is 13.6. The van der Waals surface area contributed by atoms with E-state index in [1.54, 1.807) is 6.08 Å². The zero-order valence-corrected chi connectivity index (χ0v) is 14.4. The minimum atomic E-state index is 0. The first-order valence-electron chi connectivity index (χ1n) is 8.09. The highest BCUT2D eigenvalue weighted by atomic mass is 35.5. The Kier molecular flexibility index (Phi) is 7.04. The van der Waals surface area contributed by atoms with Crippen molar-refractivity contribution in [2.75, 3.05) is 26.2 Å². The predicted octanol–water partition coefficient (Wildman–Crippen LogP) is 0.0482. The largest absolute Gasteiger partial charge is 1.00 e. The van der Waals surface area contributed by atoms with E-state index >= 15 is 0 Å². The number of rotatable bonds is 4. The summed E-state index contributed by atoms with van der Waals surface area (Å²) in [6, 6.07) is 20.4. The van der Waals surface area contributed by atoms with Gasteiger partial charge in [-0.15, -0.1) is 0 Å². The Bertz CT molecular complexity index is 650. The van der Waals surface area contributed by atoms with Crippen LogP contribution in [0.4, 0.5) is 0 Å². The number of piperazine rings is 1. The molecule has 24 heavy (non-hydrogen) atoms. The molecule has 0 bridgehead atoms. The van der Waals surface area contributed by atoms with E-state index in [9.17, 15) is 4.79 Å². The first-order valence-corrected chi connectivity index (χ1v) is 8.09. The summed E-state index contributed by atoms with van der Waals surface area (Å²) in [6.45, 7) is 4.41. The van der Waals surface area contributed by atoms with Crippen LogP contribution in [-0.4, -0.2) is 41.9 Å². The van der Waals surface area contributed by atoms with E-state index in [0.717, 1.165) is 38.3 Å². The molecule has 0 unspecified atom stereocenters. The summed E-state index contributed by atoms with van der Waals surface area (Å²) >= 11 is 0. The van der Waals surface area contributed by atoms with Crippen LogP contribution in [0.2, 0.25) is 0 Å². The third kappa shape index (κ3) is 5.22. The lowest BCUT2D eigenvalue weighted by Gasteiger charge is -2.34. The lowest BCUT2D eigenvalue weighted by atomic mass is 10.2. The van der Waals surface area contributed by atoms with Crippen molar-refractivity contribution in [1.82, 2.24) is 9.80 Å². The van der Waals surface area contributed by atoms with E-state index < -0.39 is 0 Å². The third-order valence-electron chi connectivity index (χ3n) is 4.15. The molecule has 1 heterocycles. The second-order valence-corrected chi connectivity index (χ2v) is 5.83. The molecule has 0 saturated carbocycles. The third-order valence-corrected chi connectivity index (χ3v) is 4.15. The van der Waals surface area contributed by atoms with Crippen LogP contribution in [0.25, 0.3) is 6.08 Å². The van der Waals surface area contributed by atoms with Crippen LogP contribution in [-0.2, 0) is 11.3 Å². The van der Waals surface area contributed by atoms with Crippen LogP contribution < -0.4 is 12.4 Å². The van der Waals surface area contributed by atoms with E-state index in [1.165, 1.54) is 5.56 Å². The summed E-state index contributed by atoms with van der Waals surface area (Å²) < 4.78 is 0. The summed E-state index contributed by atoms with van der Waals surface area (Å²) in [5.74, 6) is 0.105. The zero-order chi connectivity index (χ0) is 15.9. The van der Waals surface area contributed by atoms with E-state index in [1.807, 2.05) is 47.4 Å². The summed E-state index contributed by atoms with van der Waals surface area (Å²) in [7, 11) is 0. The topological polar surface area (TPSA) is 23.6 Å². The van der Waals surface area contributed by atoms with Crippen molar-refractivity contribution in [2.45, 2.75) is 6.54 Å². The van der Waals surface area contributed by atoms with Gasteiger partial charge in [0.15, 0.2) is 0 Å². The quantitative estimate of drug-likeness (QED) is 0.734. The van der Waals surface area contributed by atoms with Crippen LogP contribution in [0.1, 0.15) is 11.1 Å². The molecule has 3 rings (SSSR count). The van der Waals surface area contributed by atoms with Gasteiger partial charge in [-0.2, -0.15) is 0 Å². The monoisotopic (exact) mass is 341 g/mol. The first kappa shape index (κ1) is 18.2. The minimum absolute atomic E-state index is 0. The molecule has 1 amide bonds. The van der Waals surface area contributed by atoms with Gasteiger partial charge in [0, 0.05) is 38.8 Å². The maximum absolute atomic E-state index is 12.3. The molecular formula is C20H22ClN2O-. The average molecular weight is 342 g/mol. The Morgan fingerprint density at radius 3 is 2.08 bits per heavy atom. The summed E-state index contributed by atoms with van der Waals surface area (Å²) in [4.78, 5) is 16.6. The summed E-state index contributed by atoms with van der Waals surface area (Å²) in [6.07, 6.45) is 3.57. The molecule has 0 N–H and O–H groups in total. The van der Waals surface area contributed by atoms with Crippen molar-refractivity contribution in [3.8, 4) is 0 Å². The number of halogens is 1. The second-order valence-electron chi connectivity index (χ2n) is 5.83. The van der Waals surface area contributed by atoms with Crippen molar-refractivity contribution in [1.29, 1.82) is 0 Å². The number of benzene rings is 2. The Hall–Kier alpha value is -2.10. The molecule has 1 aliphatic rings. The molecule has 0 aliphatic carbocycles. The van der Waals surface area contributed by atoms with Crippen molar-refractivity contribution in [3.63, 3.8) is 0 Å². The molecule has 2 aromatic carbocycles. The van der Waals surface area contributed by atoms with Crippen molar-refractivity contribution >= 4 is 12.0 Å². The molecule has 1 aliphatic heterocycles. The van der Waals surface area contributed by atoms with Gasteiger partial charge in [0.1, 0.15) is 0 Å². The molecule has 2 aromatic rings. The van der Waals surface area contributed by atoms with Gasteiger partial charge in [-0.1, -0.05) is 60.7 Å². The molecule has 1 saturated heterocycles. The van der Waals surface area contributed by atoms with Crippen LogP contribution >= 0.6 is 0 Å². The minimum Gasteiger partial charge on any atom is -1.00 e. The SMILES string of the molecule is O=C(/C=C/c1ccccc1)N1CCN(Cc2ccccc2)CC1.[Cl-]. The Morgan fingerprint density at radius 2 is 1.46 bits per heavy atom. The number of amides is 1. The molecule has 0 atom stereocenters. The summed E-state index contributed by atoms with van der Waals surface area (Å²) in [5, 5.41) is 0. The lowest BCUT2D eigenvalue weighted by molar-refractivity contribution is -0.127. The van der Waals surface area contributed by atoms with Gasteiger partial charge in [-0.3, -0.25) is 9.69 Å². The molecular weight excluding hydrogens is 320 g/mol. The second kappa shape index (κ2) is 9.26. The van der Waals surface area contributed by atoms with Crippen LogP contribution in [0, 0.1) is 0 Å². The number of hydrogen-bond donors (Lipinski definition) is 0. The Labute approximate surface area is 150 Å². The normalized spacial score (nSPS) is 15.2. The van der Waals surface area contributed by atoms with E-state index in [2.05, 4.69) is 29.2 Å². The molecule has 1 fully saturated rings. The summed E-state index contributed by atoms with van der Waals surface area (Å²) in [5.41, 5.74) is 2.39. The smallest absolute Gasteiger partial charge is 0.246 e. The van der Waals surface area contributed by atoms with Gasteiger partial charge in [-0.25, -0.2) is 0 Å². The standard InChI is InChI=1S/C20H22N2O.ClH/c23-20(12-11-18-7-3-1-4-8-18)22-15-13-21(14-16-22)17-19-9-5-2-6-10-19;/h1-12H,13-17H2;1H/p-1/b12-11+;. The first-order chi connectivity index (χ1) is 11.3. The molecule has 0 radical (unpaired) electrons. The van der Waals surface area contributed by atoms with Crippen LogP contribution in [0.5, 0.6) is 0 Å². The van der Waals surface area contributed by atoms with Crippen LogP contribution in [0.15, 0.2) is 66.7 Å². The maximum atomic E-state index is 12.3. The number of nitrogens with zero attached hydrogens (tertiary/aromatic N) is 2. The number of hydrogen-bond acceptors (Lipinski definition) is 2. The van der Waals surface area contributed by atoms with Gasteiger partial charge >= 0.3 is 0 Å². The highest BCUT2D eigenvalue weighted by Crippen LogP contribution is 2.09. The van der Waals surface area contributed by atoms with E-state index in [0.29, 0.717) is 0 Å². The molecule has 126 valence electrons. The van der Waals surface area contributed by atoms with Crippen molar-refractivity contribution in [2.24, 2.45) is 0 Å². The fraction of sp³-hybridized carbons (Fsp3) is 0.250. The van der Waals surface area contributed by atoms with Crippen LogP contribution in [0.3, 0.4) is 0 Å². The molecule has 4 heteroatoms. The average Bonchev–Trinajstić information content (AvgIpc) is 2.62. The van der Waals surface area contributed by atoms with Crippen molar-refractivity contribution in [3.05, 3.63) is 77.9 Å². The van der Waals surface area contributed by atoms with E-state index in [-0.39, 0.29) is 18.3 Å². The number of carbonyl (C=O) groups is 1. The Morgan fingerprint density at radius 1 is 0.875 bits per heavy atom. The van der Waals surface area contributed by atoms with Gasteiger partial charge in [-0.05, 0) is 17.2 Å². The molecule has 3 nitrogen and oxygen atoms in total. The maximum Gasteiger partial charge on any atom is 0.246 e. The lowest BCUT2D eigenvalue weighted by Crippen LogP contribution is -3.00. The molecule has 0 aromatic heterocycles. The molecule has 0 spiro atoms. The highest BCUT2D eigenvalue weighted by Gasteiger charge is 2.19. The van der Waals surface area contributed by atoms with Crippen molar-refractivity contribution < 1.29 is 17.2 Å². The van der Waals surface area contributed by atoms with Gasteiger partial charge in [0.2, 0.25) is 5.91 Å². The van der Waals surface area contributed by atoms with Gasteiger partial charge in [0.25, 0.3) is 0 Å².